The van der Waals surface area contributed by atoms with Gasteiger partial charge in [0.25, 0.3) is 5.91 Å². The fraction of sp³-hybridized carbons (Fsp3) is 0.273. The van der Waals surface area contributed by atoms with Crippen molar-refractivity contribution in [1.29, 1.82) is 5.26 Å². The Balaban J connectivity index is 1.39. The van der Waals surface area contributed by atoms with Crippen LogP contribution >= 0.6 is 11.3 Å². The number of amides is 1. The van der Waals surface area contributed by atoms with Crippen molar-refractivity contribution in [3.8, 4) is 17.3 Å². The number of rotatable bonds is 10. The number of benzene rings is 3. The van der Waals surface area contributed by atoms with E-state index in [1.54, 1.807) is 29.5 Å². The molecule has 208 valence electrons. The normalized spacial score (nSPS) is 13.3. The van der Waals surface area contributed by atoms with E-state index in [1.165, 1.54) is 37.7 Å². The second-order valence-electron chi connectivity index (χ2n) is 10.3. The molecule has 1 aromatic heterocycles. The maximum atomic E-state index is 12.4. The van der Waals surface area contributed by atoms with Gasteiger partial charge in [0.1, 0.15) is 0 Å². The molecule has 0 bridgehead atoms. The Morgan fingerprint density at radius 1 is 1.02 bits per heavy atom. The van der Waals surface area contributed by atoms with Crippen LogP contribution in [0.1, 0.15) is 71.5 Å². The lowest BCUT2D eigenvalue weighted by atomic mass is 9.84. The topological polar surface area (TPSA) is 106 Å². The number of nitriles is 1. The summed E-state index contributed by atoms with van der Waals surface area (Å²) in [6.45, 7) is 0.638. The quantitative estimate of drug-likeness (QED) is 0.210. The SMILES string of the molecule is N#Cc1cccc(-c2csc(N(Cc3ccc(C(=O)NCCC(=O)O)cc3)c3ccc(C4CCCCC4)cc3)n2)c1. The second-order valence-corrected chi connectivity index (χ2v) is 11.2. The van der Waals surface area contributed by atoms with E-state index < -0.39 is 5.97 Å². The molecule has 2 N–H and O–H groups in total. The standard InChI is InChI=1S/C33H32N4O3S/c34-20-24-5-4-8-28(19-24)30-22-41-33(36-30)37(29-15-13-26(14-16-29)25-6-2-1-3-7-25)21-23-9-11-27(12-10-23)32(40)35-18-17-31(38)39/h4-5,8-16,19,22,25H,1-3,6-7,17-18,21H2,(H,35,40)(H,38,39). The first-order chi connectivity index (χ1) is 20.0. The highest BCUT2D eigenvalue weighted by Crippen LogP contribution is 2.37. The van der Waals surface area contributed by atoms with Gasteiger partial charge in [-0.15, -0.1) is 11.3 Å². The minimum absolute atomic E-state index is 0.0875. The highest BCUT2D eigenvalue weighted by Gasteiger charge is 2.19. The maximum Gasteiger partial charge on any atom is 0.305 e. The van der Waals surface area contributed by atoms with Gasteiger partial charge in [-0.2, -0.15) is 5.26 Å². The number of aliphatic carboxylic acids is 1. The van der Waals surface area contributed by atoms with Crippen LogP contribution in [0.4, 0.5) is 10.8 Å². The summed E-state index contributed by atoms with van der Waals surface area (Å²) in [5.41, 5.74) is 6.23. The predicted molar refractivity (Wildman–Crippen MR) is 161 cm³/mol. The Labute approximate surface area is 244 Å². The van der Waals surface area contributed by atoms with Crippen LogP contribution < -0.4 is 10.2 Å². The molecule has 1 aliphatic carbocycles. The third-order valence-corrected chi connectivity index (χ3v) is 8.34. The van der Waals surface area contributed by atoms with Crippen molar-refractivity contribution in [2.45, 2.75) is 51.0 Å². The maximum absolute atomic E-state index is 12.4. The van der Waals surface area contributed by atoms with Crippen molar-refractivity contribution in [2.24, 2.45) is 0 Å². The third kappa shape index (κ3) is 7.19. The molecule has 8 heteroatoms. The summed E-state index contributed by atoms with van der Waals surface area (Å²) < 4.78 is 0. The van der Waals surface area contributed by atoms with E-state index in [-0.39, 0.29) is 18.9 Å². The van der Waals surface area contributed by atoms with Gasteiger partial charge in [-0.05, 0) is 66.3 Å². The molecule has 1 aliphatic rings. The summed E-state index contributed by atoms with van der Waals surface area (Å²) in [7, 11) is 0. The van der Waals surface area contributed by atoms with Gasteiger partial charge in [0, 0.05) is 28.7 Å². The Kier molecular flexibility index (Phi) is 9.07. The zero-order valence-corrected chi connectivity index (χ0v) is 23.6. The van der Waals surface area contributed by atoms with Gasteiger partial charge in [0.05, 0.1) is 30.3 Å². The van der Waals surface area contributed by atoms with Crippen molar-refractivity contribution in [3.63, 3.8) is 0 Å². The Bertz CT molecular complexity index is 1530. The molecule has 3 aromatic carbocycles. The average molecular weight is 565 g/mol. The van der Waals surface area contributed by atoms with E-state index >= 15 is 0 Å². The van der Waals surface area contributed by atoms with Crippen molar-refractivity contribution >= 4 is 34.0 Å². The monoisotopic (exact) mass is 564 g/mol. The summed E-state index contributed by atoms with van der Waals surface area (Å²) in [6.07, 6.45) is 6.29. The molecule has 1 saturated carbocycles. The summed E-state index contributed by atoms with van der Waals surface area (Å²) >= 11 is 1.55. The molecule has 0 aliphatic heterocycles. The lowest BCUT2D eigenvalue weighted by Crippen LogP contribution is -2.26. The number of carboxylic acid groups (broad SMARTS) is 1. The summed E-state index contributed by atoms with van der Waals surface area (Å²) in [4.78, 5) is 30.3. The number of anilines is 2. The molecule has 0 atom stereocenters. The highest BCUT2D eigenvalue weighted by molar-refractivity contribution is 7.14. The predicted octanol–water partition coefficient (Wildman–Crippen LogP) is 7.27. The van der Waals surface area contributed by atoms with E-state index in [1.807, 2.05) is 35.7 Å². The van der Waals surface area contributed by atoms with Gasteiger partial charge < -0.3 is 15.3 Å². The van der Waals surface area contributed by atoms with Crippen molar-refractivity contribution < 1.29 is 14.7 Å². The molecule has 0 unspecified atom stereocenters. The van der Waals surface area contributed by atoms with Crippen LogP contribution in [0.3, 0.4) is 0 Å². The van der Waals surface area contributed by atoms with E-state index in [2.05, 4.69) is 40.6 Å². The Morgan fingerprint density at radius 2 is 1.78 bits per heavy atom. The summed E-state index contributed by atoms with van der Waals surface area (Å²) in [6, 6.07) is 25.8. The van der Waals surface area contributed by atoms with Gasteiger partial charge in [0.15, 0.2) is 5.13 Å². The number of nitrogens with one attached hydrogen (secondary N) is 1. The highest BCUT2D eigenvalue weighted by atomic mass is 32.1. The average Bonchev–Trinajstić information content (AvgIpc) is 3.51. The molecule has 1 heterocycles. The zero-order valence-electron chi connectivity index (χ0n) is 22.8. The van der Waals surface area contributed by atoms with Gasteiger partial charge >= 0.3 is 5.97 Å². The number of hydrogen-bond acceptors (Lipinski definition) is 6. The zero-order chi connectivity index (χ0) is 28.6. The second kappa shape index (κ2) is 13.2. The number of nitrogens with zero attached hydrogens (tertiary/aromatic N) is 3. The molecule has 1 fully saturated rings. The minimum Gasteiger partial charge on any atom is -0.481 e. The first-order valence-corrected chi connectivity index (χ1v) is 14.8. The van der Waals surface area contributed by atoms with Crippen LogP contribution in [0.15, 0.2) is 78.2 Å². The minimum atomic E-state index is -0.948. The van der Waals surface area contributed by atoms with Gasteiger partial charge in [-0.1, -0.05) is 55.7 Å². The smallest absolute Gasteiger partial charge is 0.305 e. The number of aromatic nitrogens is 1. The molecule has 0 radical (unpaired) electrons. The number of carbonyl (C=O) groups excluding carboxylic acids is 1. The van der Waals surface area contributed by atoms with E-state index in [0.717, 1.165) is 27.6 Å². The molecule has 7 nitrogen and oxygen atoms in total. The van der Waals surface area contributed by atoms with Gasteiger partial charge in [-0.25, -0.2) is 4.98 Å². The Hall–Kier alpha value is -4.48. The van der Waals surface area contributed by atoms with Crippen LogP contribution in [0, 0.1) is 11.3 Å². The molecule has 41 heavy (non-hydrogen) atoms. The molecular formula is C33H32N4O3S. The van der Waals surface area contributed by atoms with Crippen molar-refractivity contribution in [2.75, 3.05) is 11.4 Å². The lowest BCUT2D eigenvalue weighted by Gasteiger charge is -2.25. The number of carbonyl (C=O) groups is 2. The molecule has 0 saturated heterocycles. The van der Waals surface area contributed by atoms with Crippen molar-refractivity contribution in [1.82, 2.24) is 10.3 Å². The van der Waals surface area contributed by atoms with Crippen molar-refractivity contribution in [3.05, 3.63) is 100 Å². The van der Waals surface area contributed by atoms with Crippen LogP contribution in [0.25, 0.3) is 11.3 Å². The van der Waals surface area contributed by atoms with Crippen LogP contribution in [-0.4, -0.2) is 28.5 Å². The first-order valence-electron chi connectivity index (χ1n) is 13.9. The van der Waals surface area contributed by atoms with E-state index in [0.29, 0.717) is 23.6 Å². The van der Waals surface area contributed by atoms with Crippen LogP contribution in [0.5, 0.6) is 0 Å². The number of hydrogen-bond donors (Lipinski definition) is 2. The fourth-order valence-corrected chi connectivity index (χ4v) is 6.08. The van der Waals surface area contributed by atoms with Crippen LogP contribution in [-0.2, 0) is 11.3 Å². The largest absolute Gasteiger partial charge is 0.481 e. The van der Waals surface area contributed by atoms with Gasteiger partial charge in [0.2, 0.25) is 0 Å². The van der Waals surface area contributed by atoms with Crippen LogP contribution in [0.2, 0.25) is 0 Å². The summed E-state index contributed by atoms with van der Waals surface area (Å²) in [5, 5.41) is 23.6. The fourth-order valence-electron chi connectivity index (χ4n) is 5.23. The summed E-state index contributed by atoms with van der Waals surface area (Å²) in [5.74, 6) is -0.618. The molecule has 0 spiro atoms. The molecule has 1 amide bonds. The lowest BCUT2D eigenvalue weighted by molar-refractivity contribution is -0.136. The Morgan fingerprint density at radius 3 is 2.49 bits per heavy atom. The number of thiazole rings is 1. The third-order valence-electron chi connectivity index (χ3n) is 7.47. The van der Waals surface area contributed by atoms with Gasteiger partial charge in [-0.3, -0.25) is 9.59 Å². The number of carboxylic acids is 1. The molecule has 4 aromatic rings. The van der Waals surface area contributed by atoms with E-state index in [9.17, 15) is 14.9 Å². The molecular weight excluding hydrogens is 532 g/mol. The van der Waals surface area contributed by atoms with E-state index in [4.69, 9.17) is 10.1 Å². The first kappa shape index (κ1) is 28.1. The molecule has 5 rings (SSSR count).